The van der Waals surface area contributed by atoms with Crippen molar-refractivity contribution in [1.29, 1.82) is 0 Å². The average Bonchev–Trinajstić information content (AvgIpc) is 2.73. The van der Waals surface area contributed by atoms with Gasteiger partial charge in [-0.1, -0.05) is 18.2 Å². The van der Waals surface area contributed by atoms with Gasteiger partial charge in [0.1, 0.15) is 0 Å². The van der Waals surface area contributed by atoms with Gasteiger partial charge in [-0.05, 0) is 74.3 Å². The Morgan fingerprint density at radius 1 is 1.15 bits per heavy atom. The minimum atomic E-state index is -0.130. The highest BCUT2D eigenvalue weighted by Gasteiger charge is 2.23. The molecule has 1 aliphatic heterocycles. The molecule has 0 radical (unpaired) electrons. The van der Waals surface area contributed by atoms with E-state index in [1.165, 1.54) is 18.2 Å². The van der Waals surface area contributed by atoms with Crippen LogP contribution in [0.15, 0.2) is 30.3 Å². The zero-order chi connectivity index (χ0) is 19.1. The van der Waals surface area contributed by atoms with Crippen molar-refractivity contribution < 1.29 is 14.3 Å². The fourth-order valence-electron chi connectivity index (χ4n) is 4.01. The number of amides is 1. The summed E-state index contributed by atoms with van der Waals surface area (Å²) in [5, 5.41) is 6.49. The molecule has 1 aromatic rings. The molecule has 3 rings (SSSR count). The number of nitrogens with one attached hydrogen (secondary N) is 2. The normalized spacial score (nSPS) is 22.6. The lowest BCUT2D eigenvalue weighted by Gasteiger charge is -2.29. The minimum absolute atomic E-state index is 0.0128. The first kappa shape index (κ1) is 19.6. The molecule has 2 aliphatic rings. The zero-order valence-corrected chi connectivity index (χ0v) is 16.1. The number of carbonyl (C=O) groups is 2. The Hall–Kier alpha value is -2.14. The fraction of sp³-hybridized carbons (Fsp3) is 0.545. The number of benzene rings is 1. The van der Waals surface area contributed by atoms with Gasteiger partial charge in [0.05, 0.1) is 7.11 Å². The Morgan fingerprint density at radius 2 is 1.89 bits per heavy atom. The molecule has 5 nitrogen and oxygen atoms in total. The SMILES string of the molecule is COC(=O)CCC1CCC(NC(=O)c2ccc(C3=CCNCC3)cc2)CC1. The van der Waals surface area contributed by atoms with Crippen LogP contribution in [0.1, 0.15) is 60.9 Å². The van der Waals surface area contributed by atoms with Crippen molar-refractivity contribution >= 4 is 17.4 Å². The van der Waals surface area contributed by atoms with E-state index in [1.807, 2.05) is 12.1 Å². The maximum atomic E-state index is 12.5. The Labute approximate surface area is 161 Å². The van der Waals surface area contributed by atoms with Crippen molar-refractivity contribution in [3.63, 3.8) is 0 Å². The van der Waals surface area contributed by atoms with E-state index in [9.17, 15) is 9.59 Å². The summed E-state index contributed by atoms with van der Waals surface area (Å²) in [6.45, 7) is 1.93. The maximum absolute atomic E-state index is 12.5. The van der Waals surface area contributed by atoms with Crippen LogP contribution in [0.3, 0.4) is 0 Å². The van der Waals surface area contributed by atoms with Crippen LogP contribution in [0.5, 0.6) is 0 Å². The molecule has 1 saturated carbocycles. The Kier molecular flexibility index (Phi) is 7.04. The molecule has 27 heavy (non-hydrogen) atoms. The smallest absolute Gasteiger partial charge is 0.305 e. The summed E-state index contributed by atoms with van der Waals surface area (Å²) in [6.07, 6.45) is 8.72. The predicted octanol–water partition coefficient (Wildman–Crippen LogP) is 3.31. The lowest BCUT2D eigenvalue weighted by atomic mass is 9.83. The number of methoxy groups -OCH3 is 1. The van der Waals surface area contributed by atoms with Gasteiger partial charge in [-0.15, -0.1) is 0 Å². The minimum Gasteiger partial charge on any atom is -0.469 e. The topological polar surface area (TPSA) is 67.4 Å². The molecule has 1 amide bonds. The standard InChI is InChI=1S/C22H30N2O3/c1-27-21(25)11-4-16-2-9-20(10-3-16)24-22(26)19-7-5-17(6-8-19)18-12-14-23-15-13-18/h5-8,12,16,20,23H,2-4,9-11,13-15H2,1H3,(H,24,26). The molecule has 0 bridgehead atoms. The molecule has 0 saturated heterocycles. The monoisotopic (exact) mass is 370 g/mol. The number of hydrogen-bond acceptors (Lipinski definition) is 4. The zero-order valence-electron chi connectivity index (χ0n) is 16.1. The molecule has 1 fully saturated rings. The number of carbonyl (C=O) groups excluding carboxylic acids is 2. The van der Waals surface area contributed by atoms with Crippen molar-refractivity contribution in [2.45, 2.75) is 51.0 Å². The van der Waals surface area contributed by atoms with Gasteiger partial charge in [-0.2, -0.15) is 0 Å². The third kappa shape index (κ3) is 5.67. The lowest BCUT2D eigenvalue weighted by molar-refractivity contribution is -0.141. The van der Waals surface area contributed by atoms with Crippen LogP contribution in [-0.4, -0.2) is 38.1 Å². The lowest BCUT2D eigenvalue weighted by Crippen LogP contribution is -2.37. The summed E-state index contributed by atoms with van der Waals surface area (Å²) in [5.74, 6) is 0.447. The van der Waals surface area contributed by atoms with Gasteiger partial charge >= 0.3 is 5.97 Å². The fourth-order valence-corrected chi connectivity index (χ4v) is 4.01. The van der Waals surface area contributed by atoms with E-state index in [4.69, 9.17) is 4.74 Å². The van der Waals surface area contributed by atoms with Gasteiger partial charge < -0.3 is 15.4 Å². The highest BCUT2D eigenvalue weighted by atomic mass is 16.5. The third-order valence-corrected chi connectivity index (χ3v) is 5.75. The van der Waals surface area contributed by atoms with Crippen LogP contribution in [-0.2, 0) is 9.53 Å². The van der Waals surface area contributed by atoms with E-state index in [1.54, 1.807) is 0 Å². The number of ether oxygens (including phenoxy) is 1. The molecule has 146 valence electrons. The Bertz CT molecular complexity index is 673. The molecule has 1 aliphatic carbocycles. The van der Waals surface area contributed by atoms with E-state index in [2.05, 4.69) is 28.8 Å². The van der Waals surface area contributed by atoms with E-state index in [-0.39, 0.29) is 17.9 Å². The van der Waals surface area contributed by atoms with Crippen molar-refractivity contribution in [2.75, 3.05) is 20.2 Å². The molecule has 0 atom stereocenters. The van der Waals surface area contributed by atoms with Crippen LogP contribution in [0.25, 0.3) is 5.57 Å². The molecule has 2 N–H and O–H groups in total. The first-order valence-electron chi connectivity index (χ1n) is 10.0. The van der Waals surface area contributed by atoms with E-state index in [0.29, 0.717) is 12.3 Å². The van der Waals surface area contributed by atoms with Crippen molar-refractivity contribution in [2.24, 2.45) is 5.92 Å². The molecule has 0 unspecified atom stereocenters. The van der Waals surface area contributed by atoms with Gasteiger partial charge in [-0.3, -0.25) is 9.59 Å². The van der Waals surface area contributed by atoms with E-state index in [0.717, 1.165) is 57.2 Å². The molecule has 0 spiro atoms. The molecule has 5 heteroatoms. The van der Waals surface area contributed by atoms with Gasteiger partial charge in [0.25, 0.3) is 5.91 Å². The first-order valence-corrected chi connectivity index (χ1v) is 10.0. The van der Waals surface area contributed by atoms with E-state index >= 15 is 0 Å². The highest BCUT2D eigenvalue weighted by Crippen LogP contribution is 2.28. The second-order valence-electron chi connectivity index (χ2n) is 7.57. The second-order valence-corrected chi connectivity index (χ2v) is 7.57. The molecule has 1 heterocycles. The number of rotatable bonds is 6. The summed E-state index contributed by atoms with van der Waals surface area (Å²) < 4.78 is 4.71. The summed E-state index contributed by atoms with van der Waals surface area (Å²) in [4.78, 5) is 23.8. The third-order valence-electron chi connectivity index (χ3n) is 5.75. The molecule has 1 aromatic carbocycles. The van der Waals surface area contributed by atoms with Crippen molar-refractivity contribution in [3.05, 3.63) is 41.5 Å². The Balaban J connectivity index is 1.45. The largest absolute Gasteiger partial charge is 0.469 e. The van der Waals surface area contributed by atoms with Gasteiger partial charge in [0, 0.05) is 24.6 Å². The van der Waals surface area contributed by atoms with Gasteiger partial charge in [0.2, 0.25) is 0 Å². The molecule has 0 aromatic heterocycles. The van der Waals surface area contributed by atoms with Crippen LogP contribution < -0.4 is 10.6 Å². The summed E-state index contributed by atoms with van der Waals surface area (Å²) in [5.41, 5.74) is 3.28. The summed E-state index contributed by atoms with van der Waals surface area (Å²) >= 11 is 0. The van der Waals surface area contributed by atoms with Gasteiger partial charge in [-0.25, -0.2) is 0 Å². The molecular weight excluding hydrogens is 340 g/mol. The Morgan fingerprint density at radius 3 is 2.52 bits per heavy atom. The maximum Gasteiger partial charge on any atom is 0.305 e. The summed E-state index contributed by atoms with van der Waals surface area (Å²) in [6, 6.07) is 8.19. The summed E-state index contributed by atoms with van der Waals surface area (Å²) in [7, 11) is 1.44. The van der Waals surface area contributed by atoms with Crippen molar-refractivity contribution in [1.82, 2.24) is 10.6 Å². The molecular formula is C22H30N2O3. The number of hydrogen-bond donors (Lipinski definition) is 2. The van der Waals surface area contributed by atoms with Crippen LogP contribution in [0.2, 0.25) is 0 Å². The number of esters is 1. The van der Waals surface area contributed by atoms with Gasteiger partial charge in [0.15, 0.2) is 0 Å². The van der Waals surface area contributed by atoms with Crippen LogP contribution >= 0.6 is 0 Å². The second kappa shape index (κ2) is 9.70. The van der Waals surface area contributed by atoms with Crippen LogP contribution in [0, 0.1) is 5.92 Å². The highest BCUT2D eigenvalue weighted by molar-refractivity contribution is 5.94. The average molecular weight is 370 g/mol. The first-order chi connectivity index (χ1) is 13.2. The van der Waals surface area contributed by atoms with Crippen LogP contribution in [0.4, 0.5) is 0 Å². The quantitative estimate of drug-likeness (QED) is 0.754. The van der Waals surface area contributed by atoms with E-state index < -0.39 is 0 Å². The predicted molar refractivity (Wildman–Crippen MR) is 106 cm³/mol. The van der Waals surface area contributed by atoms with Crippen molar-refractivity contribution in [3.8, 4) is 0 Å².